The normalized spacial score (nSPS) is 19.4. The van der Waals surface area contributed by atoms with E-state index >= 15 is 0 Å². The monoisotopic (exact) mass is 539 g/mol. The van der Waals surface area contributed by atoms with Gasteiger partial charge in [-0.15, -0.1) is 0 Å². The molecule has 196 valence electrons. The van der Waals surface area contributed by atoms with Crippen LogP contribution in [0.25, 0.3) is 0 Å². The van der Waals surface area contributed by atoms with Crippen LogP contribution in [0.1, 0.15) is 44.9 Å². The van der Waals surface area contributed by atoms with E-state index < -0.39 is 5.51 Å². The molecule has 4 rings (SSSR count). The number of alkyl halides is 3. The highest BCUT2D eigenvalue weighted by Crippen LogP contribution is 2.37. The Balaban J connectivity index is 1.16. The summed E-state index contributed by atoms with van der Waals surface area (Å²) in [7, 11) is 0. The van der Waals surface area contributed by atoms with Crippen molar-refractivity contribution >= 4 is 40.6 Å². The van der Waals surface area contributed by atoms with Gasteiger partial charge >= 0.3 is 5.51 Å². The van der Waals surface area contributed by atoms with E-state index in [0.29, 0.717) is 18.9 Å². The number of halogens is 4. The van der Waals surface area contributed by atoms with Gasteiger partial charge in [0, 0.05) is 59.9 Å². The number of amides is 1. The van der Waals surface area contributed by atoms with E-state index in [2.05, 4.69) is 22.3 Å². The number of rotatable bonds is 8. The minimum atomic E-state index is -4.28. The minimum absolute atomic E-state index is 0.110. The molecule has 0 bridgehead atoms. The second kappa shape index (κ2) is 12.5. The quantitative estimate of drug-likeness (QED) is 0.354. The van der Waals surface area contributed by atoms with E-state index in [1.165, 1.54) is 17.8 Å². The van der Waals surface area contributed by atoms with Gasteiger partial charge in [0.2, 0.25) is 5.91 Å². The Bertz CT molecular complexity index is 979. The minimum Gasteiger partial charge on any atom is -0.381 e. The molecule has 2 aromatic rings. The third-order valence-corrected chi connectivity index (χ3v) is 8.03. The zero-order valence-electron chi connectivity index (χ0n) is 20.3. The second-order valence-corrected chi connectivity index (χ2v) is 11.3. The van der Waals surface area contributed by atoms with E-state index in [1.54, 1.807) is 12.1 Å². The Kier molecular flexibility index (Phi) is 9.34. The van der Waals surface area contributed by atoms with Crippen molar-refractivity contribution in [3.8, 4) is 0 Å². The highest BCUT2D eigenvalue weighted by molar-refractivity contribution is 8.00. The molecule has 2 aliphatic rings. The average molecular weight is 540 g/mol. The molecule has 0 saturated carbocycles. The number of hydrogen-bond acceptors (Lipinski definition) is 4. The van der Waals surface area contributed by atoms with E-state index in [-0.39, 0.29) is 28.6 Å². The van der Waals surface area contributed by atoms with Crippen LogP contribution in [0, 0.1) is 5.92 Å². The first kappa shape index (κ1) is 27.0. The van der Waals surface area contributed by atoms with Crippen molar-refractivity contribution in [2.75, 3.05) is 36.4 Å². The first-order valence-electron chi connectivity index (χ1n) is 12.7. The number of nitrogens with zero attached hydrogens (tertiary/aromatic N) is 2. The lowest BCUT2D eigenvalue weighted by molar-refractivity contribution is -0.132. The maximum Gasteiger partial charge on any atom is 0.446 e. The van der Waals surface area contributed by atoms with Gasteiger partial charge in [0.15, 0.2) is 0 Å². The fraction of sp³-hybridized carbons (Fsp3) is 0.519. The summed E-state index contributed by atoms with van der Waals surface area (Å²) in [6.07, 6.45) is 6.73. The lowest BCUT2D eigenvalue weighted by Crippen LogP contribution is -2.45. The molecule has 36 heavy (non-hydrogen) atoms. The maximum atomic E-state index is 12.8. The number of carbonyl (C=O) groups is 1. The number of likely N-dealkylation sites (tertiary alicyclic amines) is 1. The molecule has 9 heteroatoms. The van der Waals surface area contributed by atoms with Gasteiger partial charge in [0.25, 0.3) is 0 Å². The van der Waals surface area contributed by atoms with Crippen LogP contribution in [0.5, 0.6) is 0 Å². The van der Waals surface area contributed by atoms with Crippen molar-refractivity contribution in [1.29, 1.82) is 0 Å². The number of hydrogen-bond donors (Lipinski definition) is 1. The fourth-order valence-electron chi connectivity index (χ4n) is 5.14. The molecule has 1 atom stereocenters. The zero-order valence-corrected chi connectivity index (χ0v) is 21.8. The summed E-state index contributed by atoms with van der Waals surface area (Å²) in [6.45, 7) is 3.49. The van der Waals surface area contributed by atoms with Gasteiger partial charge in [0.1, 0.15) is 0 Å². The Morgan fingerprint density at radius 3 is 2.36 bits per heavy atom. The highest BCUT2D eigenvalue weighted by Gasteiger charge is 2.29. The molecular weight excluding hydrogens is 507 g/mol. The molecule has 1 unspecified atom stereocenters. The summed E-state index contributed by atoms with van der Waals surface area (Å²) in [5, 5.41) is 4.14. The summed E-state index contributed by atoms with van der Waals surface area (Å²) in [4.78, 5) is 17.4. The number of piperidine rings is 2. The topological polar surface area (TPSA) is 35.6 Å². The SMILES string of the molecule is O=C(CCCC1CCN(c2ccc(Cl)cc2)CC1)N1CCCC(Nc2ccc(SC(F)(F)F)cc2)C1. The number of carbonyl (C=O) groups excluding carboxylic acids is 1. The van der Waals surface area contributed by atoms with Crippen molar-refractivity contribution in [3.05, 3.63) is 53.6 Å². The van der Waals surface area contributed by atoms with E-state index in [4.69, 9.17) is 11.6 Å². The molecule has 4 nitrogen and oxygen atoms in total. The number of anilines is 2. The van der Waals surface area contributed by atoms with Crippen LogP contribution < -0.4 is 10.2 Å². The number of nitrogens with one attached hydrogen (secondary N) is 1. The maximum absolute atomic E-state index is 12.8. The first-order valence-corrected chi connectivity index (χ1v) is 13.9. The molecule has 2 aliphatic heterocycles. The van der Waals surface area contributed by atoms with Crippen LogP contribution >= 0.6 is 23.4 Å². The summed E-state index contributed by atoms with van der Waals surface area (Å²) >= 11 is 5.88. The average Bonchev–Trinajstić information content (AvgIpc) is 2.85. The van der Waals surface area contributed by atoms with Crippen LogP contribution in [0.4, 0.5) is 24.5 Å². The molecule has 2 fully saturated rings. The van der Waals surface area contributed by atoms with Crippen molar-refractivity contribution in [3.63, 3.8) is 0 Å². The predicted molar refractivity (Wildman–Crippen MR) is 142 cm³/mol. The lowest BCUT2D eigenvalue weighted by atomic mass is 9.91. The van der Waals surface area contributed by atoms with Gasteiger partial charge in [-0.2, -0.15) is 13.2 Å². The van der Waals surface area contributed by atoms with Gasteiger partial charge in [-0.05, 0) is 105 Å². The fourth-order valence-corrected chi connectivity index (χ4v) is 5.81. The molecule has 2 heterocycles. The second-order valence-electron chi connectivity index (χ2n) is 9.69. The van der Waals surface area contributed by atoms with Gasteiger partial charge in [-0.3, -0.25) is 4.79 Å². The smallest absolute Gasteiger partial charge is 0.381 e. The van der Waals surface area contributed by atoms with E-state index in [9.17, 15) is 18.0 Å². The van der Waals surface area contributed by atoms with Crippen LogP contribution in [-0.4, -0.2) is 48.5 Å². The Morgan fingerprint density at radius 1 is 1.00 bits per heavy atom. The van der Waals surface area contributed by atoms with Crippen molar-refractivity contribution < 1.29 is 18.0 Å². The number of benzene rings is 2. The van der Waals surface area contributed by atoms with E-state index in [0.717, 1.165) is 68.9 Å². The Morgan fingerprint density at radius 2 is 1.69 bits per heavy atom. The van der Waals surface area contributed by atoms with Crippen molar-refractivity contribution in [1.82, 2.24) is 4.90 Å². The van der Waals surface area contributed by atoms with Gasteiger partial charge in [0.05, 0.1) is 0 Å². The molecule has 1 amide bonds. The summed E-state index contributed by atoms with van der Waals surface area (Å²) in [5.74, 6) is 0.868. The molecule has 0 spiro atoms. The Hall–Kier alpha value is -2.06. The first-order chi connectivity index (χ1) is 17.2. The molecular formula is C27H33ClF3N3OS. The third kappa shape index (κ3) is 8.23. The molecule has 1 N–H and O–H groups in total. The van der Waals surface area contributed by atoms with Crippen molar-refractivity contribution in [2.45, 2.75) is 61.4 Å². The van der Waals surface area contributed by atoms with Gasteiger partial charge in [-0.1, -0.05) is 11.6 Å². The summed E-state index contributed by atoms with van der Waals surface area (Å²) < 4.78 is 37.6. The lowest BCUT2D eigenvalue weighted by Gasteiger charge is -2.35. The molecule has 0 aromatic heterocycles. The van der Waals surface area contributed by atoms with E-state index in [1.807, 2.05) is 17.0 Å². The van der Waals surface area contributed by atoms with Crippen LogP contribution in [-0.2, 0) is 4.79 Å². The molecule has 0 aliphatic carbocycles. The van der Waals surface area contributed by atoms with Crippen LogP contribution in [0.2, 0.25) is 5.02 Å². The molecule has 2 aromatic carbocycles. The highest BCUT2D eigenvalue weighted by atomic mass is 35.5. The van der Waals surface area contributed by atoms with Crippen LogP contribution in [0.3, 0.4) is 0 Å². The molecule has 2 saturated heterocycles. The largest absolute Gasteiger partial charge is 0.446 e. The Labute approximate surface area is 220 Å². The summed E-state index contributed by atoms with van der Waals surface area (Å²) in [5.41, 5.74) is -2.28. The molecule has 0 radical (unpaired) electrons. The van der Waals surface area contributed by atoms with Gasteiger partial charge < -0.3 is 15.1 Å². The van der Waals surface area contributed by atoms with Crippen molar-refractivity contribution in [2.24, 2.45) is 5.92 Å². The summed E-state index contributed by atoms with van der Waals surface area (Å²) in [6, 6.07) is 14.4. The zero-order chi connectivity index (χ0) is 25.5. The predicted octanol–water partition coefficient (Wildman–Crippen LogP) is 7.44. The third-order valence-electron chi connectivity index (χ3n) is 7.04. The standard InChI is InChI=1S/C27H33ClF3N3OS/c28-21-6-10-24(11-7-21)33-17-14-20(15-18-33)3-1-5-26(35)34-16-2-4-23(19-34)32-22-8-12-25(13-9-22)36-27(29,30)31/h6-13,20,23,32H,1-5,14-19H2. The van der Waals surface area contributed by atoms with Gasteiger partial charge in [-0.25, -0.2) is 0 Å². The number of thioether (sulfide) groups is 1. The van der Waals surface area contributed by atoms with Crippen LogP contribution in [0.15, 0.2) is 53.4 Å².